The second-order valence-electron chi connectivity index (χ2n) is 26.1. The third-order valence-corrected chi connectivity index (χ3v) is 16.1. The molecule has 0 aliphatic carbocycles. The van der Waals surface area contributed by atoms with Crippen molar-refractivity contribution in [3.05, 3.63) is 12.2 Å². The van der Waals surface area contributed by atoms with Crippen molar-refractivity contribution in [3.63, 3.8) is 0 Å². The molecule has 12 atom stereocenters. The molecular formula is C62H111N11O12. The van der Waals surface area contributed by atoms with Crippen molar-refractivity contribution in [2.75, 3.05) is 55.9 Å². The number of likely N-dealkylation sites (N-methyl/N-ethyl adjacent to an activating group) is 7. The maximum atomic E-state index is 15.1. The van der Waals surface area contributed by atoms with Crippen LogP contribution in [-0.2, 0) is 52.7 Å². The van der Waals surface area contributed by atoms with Crippen molar-refractivity contribution < 1.29 is 57.8 Å². The number of rotatable bonds is 15. The van der Waals surface area contributed by atoms with Gasteiger partial charge >= 0.3 is 0 Å². The van der Waals surface area contributed by atoms with Gasteiger partial charge in [0, 0.05) is 49.3 Å². The van der Waals surface area contributed by atoms with E-state index in [1.807, 2.05) is 61.5 Å². The highest BCUT2D eigenvalue weighted by atomic mass is 16.3. The first-order chi connectivity index (χ1) is 39.2. The van der Waals surface area contributed by atoms with Crippen LogP contribution in [0.2, 0.25) is 0 Å². The number of nitrogens with zero attached hydrogens (tertiary/aromatic N) is 7. The Balaban J connectivity index is 4.32. The third kappa shape index (κ3) is 21.7. The van der Waals surface area contributed by atoms with Gasteiger partial charge in [0.15, 0.2) is 0 Å². The summed E-state index contributed by atoms with van der Waals surface area (Å²) in [6.45, 7) is 29.3. The van der Waals surface area contributed by atoms with Gasteiger partial charge in [0.25, 0.3) is 0 Å². The zero-order valence-corrected chi connectivity index (χ0v) is 56.1. The van der Waals surface area contributed by atoms with Crippen LogP contribution in [0.15, 0.2) is 12.2 Å². The fourth-order valence-electron chi connectivity index (χ4n) is 10.7. The molecule has 1 fully saturated rings. The quantitative estimate of drug-likeness (QED) is 0.148. The van der Waals surface area contributed by atoms with Gasteiger partial charge in [-0.15, -0.1) is 0 Å². The van der Waals surface area contributed by atoms with Gasteiger partial charge in [-0.05, 0) is 101 Å². The van der Waals surface area contributed by atoms with Gasteiger partial charge in [-0.25, -0.2) is 0 Å². The van der Waals surface area contributed by atoms with E-state index in [9.17, 15) is 48.3 Å². The van der Waals surface area contributed by atoms with Crippen LogP contribution in [0, 0.1) is 41.4 Å². The standard InChI is InChI=1S/C62H111N11O12/c1-25-27-28-40(15)52(75)51-56(79)65-43(26-2)58(81)67(18)33-48(74)68(19)44(29-34(3)4)55(78)66-49(38(11)12)61(84)69(20)45(30-35(5)6)54(77)63-41(16)53(76)64-42(17)57(80)70(21)46(31-36(7)8)59(82)71(22)47(32-37(9)10)60(83)72(23)50(39(13)14)62(85)73(51)24/h25,27,34-47,49-52,75H,26,28-33H2,1-24H3,(H,63,77)(H,64,76)(H,65,79)(H,66,78)/b27-25+/t40-,41+,42-,43+,44+,45?,46+,47?,49+,50?,51+,52?/m1/s1. The van der Waals surface area contributed by atoms with E-state index in [1.54, 1.807) is 54.5 Å². The van der Waals surface area contributed by atoms with Crippen LogP contribution in [0.3, 0.4) is 0 Å². The molecule has 23 nitrogen and oxygen atoms in total. The first kappa shape index (κ1) is 76.9. The topological polar surface area (TPSA) is 279 Å². The van der Waals surface area contributed by atoms with Crippen LogP contribution in [-0.4, -0.2) is 227 Å². The van der Waals surface area contributed by atoms with Crippen molar-refractivity contribution in [3.8, 4) is 0 Å². The van der Waals surface area contributed by atoms with E-state index in [0.29, 0.717) is 6.42 Å². The smallest absolute Gasteiger partial charge is 0.246 e. The van der Waals surface area contributed by atoms with Crippen molar-refractivity contribution in [1.29, 1.82) is 0 Å². The molecule has 0 aromatic carbocycles. The van der Waals surface area contributed by atoms with Crippen LogP contribution in [0.4, 0.5) is 0 Å². The van der Waals surface area contributed by atoms with Crippen molar-refractivity contribution in [2.24, 2.45) is 41.4 Å². The van der Waals surface area contributed by atoms with Crippen molar-refractivity contribution >= 4 is 65.0 Å². The lowest BCUT2D eigenvalue weighted by Crippen LogP contribution is -2.63. The van der Waals surface area contributed by atoms with E-state index in [4.69, 9.17) is 0 Å². The number of nitrogens with one attached hydrogen (secondary N) is 4. The van der Waals surface area contributed by atoms with E-state index < -0.39 is 156 Å². The molecule has 0 saturated carbocycles. The second kappa shape index (κ2) is 34.9. The number of aliphatic hydroxyl groups is 1. The fraction of sp³-hybridized carbons (Fsp3) is 0.790. The summed E-state index contributed by atoms with van der Waals surface area (Å²) in [4.78, 5) is 169. The number of allylic oxidation sites excluding steroid dienone is 2. The van der Waals surface area contributed by atoms with Gasteiger partial charge in [0.05, 0.1) is 12.6 Å². The minimum atomic E-state index is -1.61. The predicted octanol–water partition coefficient (Wildman–Crippen LogP) is 3.27. The van der Waals surface area contributed by atoms with E-state index in [2.05, 4.69) is 21.3 Å². The summed E-state index contributed by atoms with van der Waals surface area (Å²) in [6, 6.07) is -12.3. The molecule has 1 rings (SSSR count). The lowest BCUT2D eigenvalue weighted by Gasteiger charge is -2.41. The average Bonchev–Trinajstić information content (AvgIpc) is 3.62. The van der Waals surface area contributed by atoms with Gasteiger partial charge in [-0.1, -0.05) is 109 Å². The summed E-state index contributed by atoms with van der Waals surface area (Å²) in [5, 5.41) is 23.1. The minimum Gasteiger partial charge on any atom is -0.390 e. The number of hydrogen-bond acceptors (Lipinski definition) is 12. The van der Waals surface area contributed by atoms with Gasteiger partial charge in [0.2, 0.25) is 65.0 Å². The Morgan fingerprint density at radius 1 is 0.459 bits per heavy atom. The van der Waals surface area contributed by atoms with Gasteiger partial charge in [-0.3, -0.25) is 52.7 Å². The Hall–Kier alpha value is -6.13. The first-order valence-electron chi connectivity index (χ1n) is 30.6. The Labute approximate surface area is 508 Å². The van der Waals surface area contributed by atoms with Crippen LogP contribution < -0.4 is 21.3 Å². The Morgan fingerprint density at radius 2 is 0.871 bits per heavy atom. The molecule has 0 aromatic rings. The summed E-state index contributed by atoms with van der Waals surface area (Å²) in [7, 11) is 9.92. The largest absolute Gasteiger partial charge is 0.390 e. The van der Waals surface area contributed by atoms with Crippen LogP contribution >= 0.6 is 0 Å². The lowest BCUT2D eigenvalue weighted by atomic mass is 9.91. The highest BCUT2D eigenvalue weighted by Crippen LogP contribution is 2.26. The van der Waals surface area contributed by atoms with Gasteiger partial charge < -0.3 is 60.7 Å². The summed E-state index contributed by atoms with van der Waals surface area (Å²) >= 11 is 0. The van der Waals surface area contributed by atoms with Crippen LogP contribution in [0.25, 0.3) is 0 Å². The number of carbonyl (C=O) groups excluding carboxylic acids is 11. The second-order valence-corrected chi connectivity index (χ2v) is 26.1. The Morgan fingerprint density at radius 3 is 1.32 bits per heavy atom. The predicted molar refractivity (Wildman–Crippen MR) is 328 cm³/mol. The van der Waals surface area contributed by atoms with Crippen molar-refractivity contribution in [1.82, 2.24) is 55.6 Å². The molecule has 1 aliphatic rings. The lowest BCUT2D eigenvalue weighted by molar-refractivity contribution is -0.157. The van der Waals surface area contributed by atoms with Crippen molar-refractivity contribution in [2.45, 2.75) is 223 Å². The third-order valence-electron chi connectivity index (χ3n) is 16.1. The number of carbonyl (C=O) groups is 11. The highest BCUT2D eigenvalue weighted by molar-refractivity contribution is 5.99. The monoisotopic (exact) mass is 1200 g/mol. The number of hydrogen-bond donors (Lipinski definition) is 5. The number of aliphatic hydroxyl groups excluding tert-OH is 1. The molecule has 1 heterocycles. The molecule has 0 aromatic heterocycles. The zero-order chi connectivity index (χ0) is 66.0. The molecule has 5 N–H and O–H groups in total. The van der Waals surface area contributed by atoms with E-state index in [-0.39, 0.29) is 55.8 Å². The Bertz CT molecular complexity index is 2330. The number of amides is 11. The molecule has 4 unspecified atom stereocenters. The van der Waals surface area contributed by atoms with Gasteiger partial charge in [0.1, 0.15) is 60.4 Å². The fourth-order valence-corrected chi connectivity index (χ4v) is 10.7. The first-order valence-corrected chi connectivity index (χ1v) is 30.6. The summed E-state index contributed by atoms with van der Waals surface area (Å²) in [6.07, 6.45) is 3.04. The van der Waals surface area contributed by atoms with E-state index >= 15 is 9.59 Å². The molecule has 0 bridgehead atoms. The molecule has 0 spiro atoms. The van der Waals surface area contributed by atoms with E-state index in [1.165, 1.54) is 87.7 Å². The maximum absolute atomic E-state index is 15.1. The molecule has 0 radical (unpaired) electrons. The minimum absolute atomic E-state index is 0.0229. The molecule has 486 valence electrons. The summed E-state index contributed by atoms with van der Waals surface area (Å²) < 4.78 is 0. The molecular weight excluding hydrogens is 1090 g/mol. The normalized spacial score (nSPS) is 26.9. The maximum Gasteiger partial charge on any atom is 0.246 e. The van der Waals surface area contributed by atoms with Crippen LogP contribution in [0.5, 0.6) is 0 Å². The van der Waals surface area contributed by atoms with Gasteiger partial charge in [-0.2, -0.15) is 0 Å². The SMILES string of the molecule is C/C=C/C[C@@H](C)C(O)[C@H]1C(=O)N[C@@H](CC)C(=O)N(C)CC(=O)N(C)[C@@H](CC(C)C)C(=O)N[C@@H](C(C)C)C(=O)N(C)C(CC(C)C)C(=O)N[C@@H](C)C(=O)N[C@H](C)C(=O)N(C)[C@@H](CC(C)C)C(=O)N(C)C(CC(C)C)C(=O)N(C)C(C(C)C)C(=O)N1C. The summed E-state index contributed by atoms with van der Waals surface area (Å²) in [5.74, 6) is -9.71. The highest BCUT2D eigenvalue weighted by Gasteiger charge is 2.45. The average molecular weight is 1200 g/mol. The summed E-state index contributed by atoms with van der Waals surface area (Å²) in [5.41, 5.74) is 0. The molecule has 11 amide bonds. The molecule has 1 aliphatic heterocycles. The zero-order valence-electron chi connectivity index (χ0n) is 56.1. The molecule has 23 heteroatoms. The van der Waals surface area contributed by atoms with E-state index in [0.717, 1.165) is 9.80 Å². The molecule has 85 heavy (non-hydrogen) atoms. The molecule has 1 saturated heterocycles. The van der Waals surface area contributed by atoms with Crippen LogP contribution in [0.1, 0.15) is 156 Å². The Kier molecular flexibility index (Phi) is 31.5.